The molecule has 2 aromatic heterocycles. The number of aromatic nitrogens is 3. The summed E-state index contributed by atoms with van der Waals surface area (Å²) in [6.45, 7) is 2.18. The van der Waals surface area contributed by atoms with E-state index >= 15 is 0 Å². The monoisotopic (exact) mass is 251 g/mol. The molecule has 0 aliphatic carbocycles. The van der Waals surface area contributed by atoms with Gasteiger partial charge < -0.3 is 9.97 Å². The fourth-order valence-electron chi connectivity index (χ4n) is 2.28. The molecule has 0 bridgehead atoms. The second kappa shape index (κ2) is 5.14. The highest BCUT2D eigenvalue weighted by molar-refractivity contribution is 5.66. The Bertz CT molecular complexity index is 636. The minimum atomic E-state index is 0.910. The molecule has 1 aromatic carbocycles. The first-order valence-corrected chi connectivity index (χ1v) is 6.66. The van der Waals surface area contributed by atoms with E-state index in [1.165, 1.54) is 5.56 Å². The van der Waals surface area contributed by atoms with Crippen molar-refractivity contribution in [3.05, 3.63) is 54.4 Å². The zero-order valence-corrected chi connectivity index (χ0v) is 11.0. The number of nitrogens with one attached hydrogen (secondary N) is 2. The lowest BCUT2D eigenvalue weighted by atomic mass is 10.1. The van der Waals surface area contributed by atoms with Crippen LogP contribution in [0.15, 0.2) is 48.7 Å². The quantitative estimate of drug-likeness (QED) is 0.722. The van der Waals surface area contributed by atoms with Crippen molar-refractivity contribution in [3.8, 4) is 22.8 Å². The molecule has 3 rings (SSSR count). The molecule has 3 nitrogen and oxygen atoms in total. The molecule has 0 atom stereocenters. The van der Waals surface area contributed by atoms with Crippen LogP contribution in [-0.4, -0.2) is 15.0 Å². The minimum absolute atomic E-state index is 0.910. The van der Waals surface area contributed by atoms with Crippen LogP contribution in [0.3, 0.4) is 0 Å². The summed E-state index contributed by atoms with van der Waals surface area (Å²) in [5, 5.41) is 0. The van der Waals surface area contributed by atoms with E-state index < -0.39 is 0 Å². The number of hydrogen-bond donors (Lipinski definition) is 2. The topological polar surface area (TPSA) is 44.5 Å². The van der Waals surface area contributed by atoms with Crippen LogP contribution in [0.5, 0.6) is 0 Å². The van der Waals surface area contributed by atoms with Gasteiger partial charge in [0, 0.05) is 6.20 Å². The lowest BCUT2D eigenvalue weighted by Crippen LogP contribution is -1.87. The maximum absolute atomic E-state index is 4.73. The Balaban J connectivity index is 2.08. The average Bonchev–Trinajstić information content (AvgIpc) is 3.08. The van der Waals surface area contributed by atoms with Crippen LogP contribution >= 0.6 is 0 Å². The van der Waals surface area contributed by atoms with Gasteiger partial charge in [-0.25, -0.2) is 4.98 Å². The van der Waals surface area contributed by atoms with Crippen molar-refractivity contribution in [2.45, 2.75) is 19.8 Å². The third-order valence-corrected chi connectivity index (χ3v) is 3.18. The van der Waals surface area contributed by atoms with E-state index in [0.29, 0.717) is 0 Å². The molecular weight excluding hydrogens is 234 g/mol. The maximum Gasteiger partial charge on any atom is 0.154 e. The van der Waals surface area contributed by atoms with Gasteiger partial charge in [-0.05, 0) is 24.1 Å². The molecule has 0 aliphatic heterocycles. The van der Waals surface area contributed by atoms with Gasteiger partial charge in [-0.1, -0.05) is 43.7 Å². The smallest absolute Gasteiger partial charge is 0.154 e. The second-order valence-corrected chi connectivity index (χ2v) is 4.61. The molecule has 19 heavy (non-hydrogen) atoms. The summed E-state index contributed by atoms with van der Waals surface area (Å²) in [5.74, 6) is 0.910. The molecule has 0 amide bonds. The van der Waals surface area contributed by atoms with Gasteiger partial charge in [0.25, 0.3) is 0 Å². The summed E-state index contributed by atoms with van der Waals surface area (Å²) in [5.41, 5.74) is 4.49. The van der Waals surface area contributed by atoms with Crippen LogP contribution in [0.1, 0.15) is 19.0 Å². The Hall–Kier alpha value is -2.29. The first-order valence-electron chi connectivity index (χ1n) is 6.66. The molecule has 96 valence electrons. The first kappa shape index (κ1) is 11.8. The fourth-order valence-corrected chi connectivity index (χ4v) is 2.28. The molecule has 0 unspecified atom stereocenters. The number of aromatic amines is 2. The standard InChI is InChI=1S/C16H17N3/c1-2-7-13-15(12-8-4-3-5-9-12)19-16(18-13)14-10-6-11-17-14/h3-6,8-11,17H,2,7H2,1H3,(H,18,19). The van der Waals surface area contributed by atoms with Crippen LogP contribution in [0, 0.1) is 0 Å². The Kier molecular flexibility index (Phi) is 3.19. The fraction of sp³-hybridized carbons (Fsp3) is 0.188. The van der Waals surface area contributed by atoms with Crippen molar-refractivity contribution in [2.75, 3.05) is 0 Å². The van der Waals surface area contributed by atoms with Gasteiger partial charge in [-0.15, -0.1) is 0 Å². The zero-order valence-electron chi connectivity index (χ0n) is 11.0. The van der Waals surface area contributed by atoms with Crippen molar-refractivity contribution in [1.29, 1.82) is 0 Å². The highest BCUT2D eigenvalue weighted by Gasteiger charge is 2.12. The summed E-state index contributed by atoms with van der Waals surface area (Å²) in [6.07, 6.45) is 4.00. The third kappa shape index (κ3) is 2.32. The average molecular weight is 251 g/mol. The Morgan fingerprint density at radius 3 is 2.58 bits per heavy atom. The molecule has 0 fully saturated rings. The molecule has 3 aromatic rings. The number of imidazole rings is 1. The molecule has 3 heteroatoms. The van der Waals surface area contributed by atoms with Crippen molar-refractivity contribution >= 4 is 0 Å². The van der Waals surface area contributed by atoms with Crippen LogP contribution in [-0.2, 0) is 6.42 Å². The molecule has 0 spiro atoms. The molecular formula is C16H17N3. The molecule has 2 heterocycles. The second-order valence-electron chi connectivity index (χ2n) is 4.61. The van der Waals surface area contributed by atoms with Gasteiger partial charge in [0.2, 0.25) is 0 Å². The Morgan fingerprint density at radius 2 is 1.89 bits per heavy atom. The largest absolute Gasteiger partial charge is 0.359 e. The van der Waals surface area contributed by atoms with Crippen molar-refractivity contribution in [2.24, 2.45) is 0 Å². The minimum Gasteiger partial charge on any atom is -0.359 e. The van der Waals surface area contributed by atoms with Crippen LogP contribution in [0.25, 0.3) is 22.8 Å². The predicted octanol–water partition coefficient (Wildman–Crippen LogP) is 4.02. The summed E-state index contributed by atoms with van der Waals surface area (Å²) in [4.78, 5) is 11.4. The van der Waals surface area contributed by atoms with Gasteiger partial charge >= 0.3 is 0 Å². The number of benzene rings is 1. The Labute approximate surface area is 112 Å². The maximum atomic E-state index is 4.73. The molecule has 2 N–H and O–H groups in total. The number of hydrogen-bond acceptors (Lipinski definition) is 1. The predicted molar refractivity (Wildman–Crippen MR) is 77.8 cm³/mol. The van der Waals surface area contributed by atoms with Gasteiger partial charge in [0.05, 0.1) is 17.1 Å². The van der Waals surface area contributed by atoms with Gasteiger partial charge in [-0.3, -0.25) is 0 Å². The van der Waals surface area contributed by atoms with Crippen molar-refractivity contribution in [3.63, 3.8) is 0 Å². The summed E-state index contributed by atoms with van der Waals surface area (Å²) >= 11 is 0. The highest BCUT2D eigenvalue weighted by Crippen LogP contribution is 2.26. The van der Waals surface area contributed by atoms with E-state index in [1.54, 1.807) is 0 Å². The van der Waals surface area contributed by atoms with E-state index in [1.807, 2.05) is 24.4 Å². The molecule has 0 radical (unpaired) electrons. The van der Waals surface area contributed by atoms with E-state index in [-0.39, 0.29) is 0 Å². The molecule has 0 saturated heterocycles. The molecule has 0 aliphatic rings. The van der Waals surface area contributed by atoms with Crippen molar-refractivity contribution in [1.82, 2.24) is 15.0 Å². The van der Waals surface area contributed by atoms with E-state index in [2.05, 4.69) is 41.2 Å². The van der Waals surface area contributed by atoms with Crippen LogP contribution in [0.4, 0.5) is 0 Å². The zero-order chi connectivity index (χ0) is 13.1. The van der Waals surface area contributed by atoms with Gasteiger partial charge in [0.15, 0.2) is 5.82 Å². The van der Waals surface area contributed by atoms with Crippen LogP contribution < -0.4 is 0 Å². The van der Waals surface area contributed by atoms with Gasteiger partial charge in [0.1, 0.15) is 0 Å². The first-order chi connectivity index (χ1) is 9.38. The third-order valence-electron chi connectivity index (χ3n) is 3.18. The normalized spacial score (nSPS) is 10.8. The lowest BCUT2D eigenvalue weighted by molar-refractivity contribution is 0.894. The summed E-state index contributed by atoms with van der Waals surface area (Å²) in [7, 11) is 0. The highest BCUT2D eigenvalue weighted by atomic mass is 15.0. The molecule has 0 saturated carbocycles. The van der Waals surface area contributed by atoms with Gasteiger partial charge in [-0.2, -0.15) is 0 Å². The van der Waals surface area contributed by atoms with E-state index in [9.17, 15) is 0 Å². The van der Waals surface area contributed by atoms with Crippen LogP contribution in [0.2, 0.25) is 0 Å². The number of nitrogens with zero attached hydrogens (tertiary/aromatic N) is 1. The SMILES string of the molecule is CCCc1nc(-c2ccc[nH]2)[nH]c1-c1ccccc1. The van der Waals surface area contributed by atoms with Crippen molar-refractivity contribution < 1.29 is 0 Å². The Morgan fingerprint density at radius 1 is 1.05 bits per heavy atom. The number of aryl methyl sites for hydroxylation is 1. The van der Waals surface area contributed by atoms with E-state index in [0.717, 1.165) is 35.7 Å². The van der Waals surface area contributed by atoms with E-state index in [4.69, 9.17) is 4.98 Å². The number of H-pyrrole nitrogens is 2. The summed E-state index contributed by atoms with van der Waals surface area (Å²) in [6, 6.07) is 14.4. The lowest BCUT2D eigenvalue weighted by Gasteiger charge is -2.00. The summed E-state index contributed by atoms with van der Waals surface area (Å²) < 4.78 is 0. The number of rotatable bonds is 4.